The van der Waals surface area contributed by atoms with Crippen molar-refractivity contribution in [3.63, 3.8) is 0 Å². The summed E-state index contributed by atoms with van der Waals surface area (Å²) in [4.78, 5) is 0. The Morgan fingerprint density at radius 1 is 0.536 bits per heavy atom. The summed E-state index contributed by atoms with van der Waals surface area (Å²) in [6.07, 6.45) is 0. The van der Waals surface area contributed by atoms with E-state index in [1.807, 2.05) is 0 Å². The van der Waals surface area contributed by atoms with Crippen LogP contribution in [0.1, 0.15) is 77.0 Å². The molecule has 146 valence electrons. The van der Waals surface area contributed by atoms with Gasteiger partial charge in [0.1, 0.15) is 0 Å². The van der Waals surface area contributed by atoms with Gasteiger partial charge in [0.05, 0.1) is 0 Å². The van der Waals surface area contributed by atoms with Gasteiger partial charge in [-0.05, 0) is 56.2 Å². The van der Waals surface area contributed by atoms with Gasteiger partial charge in [0.15, 0.2) is 0 Å². The van der Waals surface area contributed by atoms with Gasteiger partial charge in [-0.25, -0.2) is 0 Å². The highest BCUT2D eigenvalue weighted by Gasteiger charge is 2.25. The zero-order valence-corrected chi connectivity index (χ0v) is 18.5. The molecule has 0 fully saturated rings. The lowest BCUT2D eigenvalue weighted by atomic mass is 9.74. The summed E-state index contributed by atoms with van der Waals surface area (Å²) in [7, 11) is 0. The van der Waals surface area contributed by atoms with Gasteiger partial charge in [0.2, 0.25) is 0 Å². The van der Waals surface area contributed by atoms with Gasteiger partial charge in [0, 0.05) is 0 Å². The van der Waals surface area contributed by atoms with Crippen molar-refractivity contribution in [1.82, 2.24) is 0 Å². The van der Waals surface area contributed by atoms with E-state index in [1.165, 1.54) is 38.9 Å². The lowest BCUT2D eigenvalue weighted by Gasteiger charge is -2.30. The van der Waals surface area contributed by atoms with Gasteiger partial charge in [-0.1, -0.05) is 115 Å². The first-order valence-corrected chi connectivity index (χ1v) is 10.5. The number of rotatable bonds is 4. The number of hydrogen-bond acceptors (Lipinski definition) is 0. The molecule has 0 spiro atoms. The summed E-state index contributed by atoms with van der Waals surface area (Å²) in [5.74, 6) is 1.02. The van der Waals surface area contributed by atoms with Gasteiger partial charge in [0.25, 0.3) is 0 Å². The van der Waals surface area contributed by atoms with Gasteiger partial charge in [-0.15, -0.1) is 0 Å². The van der Waals surface area contributed by atoms with Crippen molar-refractivity contribution in [2.45, 2.75) is 65.7 Å². The molecule has 0 atom stereocenters. The zero-order valence-electron chi connectivity index (χ0n) is 18.5. The van der Waals surface area contributed by atoms with Crippen LogP contribution < -0.4 is 0 Å². The maximum Gasteiger partial charge on any atom is -0.0126 e. The summed E-state index contributed by atoms with van der Waals surface area (Å²) in [5.41, 5.74) is 9.81. The van der Waals surface area contributed by atoms with Crippen molar-refractivity contribution in [1.29, 1.82) is 0 Å². The molecule has 0 radical (unpaired) electrons. The Balaban J connectivity index is 2.12. The second-order valence-electron chi connectivity index (χ2n) is 9.53. The fourth-order valence-electron chi connectivity index (χ4n) is 4.12. The highest BCUT2D eigenvalue weighted by molar-refractivity contribution is 5.72. The largest absolute Gasteiger partial charge is 0.0622 e. The van der Waals surface area contributed by atoms with Crippen LogP contribution in [0.2, 0.25) is 0 Å². The fraction of sp³-hybridized carbons (Fsp3) is 0.357. The molecule has 0 saturated heterocycles. The first kappa shape index (κ1) is 20.4. The second-order valence-corrected chi connectivity index (χ2v) is 9.53. The Morgan fingerprint density at radius 2 is 0.929 bits per heavy atom. The van der Waals surface area contributed by atoms with E-state index in [0.717, 1.165) is 0 Å². The second kappa shape index (κ2) is 7.95. The normalized spacial score (nSPS) is 12.0. The number of hydrogen-bond donors (Lipinski definition) is 0. The van der Waals surface area contributed by atoms with Crippen LogP contribution in [0.25, 0.3) is 22.3 Å². The van der Waals surface area contributed by atoms with E-state index in [4.69, 9.17) is 0 Å². The maximum absolute atomic E-state index is 2.43. The lowest BCUT2D eigenvalue weighted by Crippen LogP contribution is -2.19. The molecule has 0 bridgehead atoms. The summed E-state index contributed by atoms with van der Waals surface area (Å²) >= 11 is 0. The van der Waals surface area contributed by atoms with Crippen LogP contribution in [0.4, 0.5) is 0 Å². The molecule has 0 heteroatoms. The molecule has 0 saturated carbocycles. The Labute approximate surface area is 171 Å². The molecule has 3 aromatic carbocycles. The molecule has 0 heterocycles. The smallest absolute Gasteiger partial charge is 0.0126 e. The molecule has 0 aliphatic rings. The first-order chi connectivity index (χ1) is 13.2. The Kier molecular flexibility index (Phi) is 5.79. The SMILES string of the molecule is CC(C)c1cc(-c2ccc(-c3ccccc3)cc2)cc(C(C)C)c1C(C)(C)C. The number of benzene rings is 3. The van der Waals surface area contributed by atoms with Crippen molar-refractivity contribution < 1.29 is 0 Å². The van der Waals surface area contributed by atoms with E-state index in [9.17, 15) is 0 Å². The van der Waals surface area contributed by atoms with Crippen LogP contribution in [0.15, 0.2) is 66.7 Å². The molecular weight excluding hydrogens is 336 g/mol. The summed E-state index contributed by atoms with van der Waals surface area (Å²) in [6.45, 7) is 16.3. The third-order valence-corrected chi connectivity index (χ3v) is 5.52. The van der Waals surface area contributed by atoms with Crippen molar-refractivity contribution in [2.24, 2.45) is 0 Å². The average Bonchev–Trinajstić information content (AvgIpc) is 2.67. The maximum atomic E-state index is 2.43. The molecule has 0 aliphatic heterocycles. The zero-order chi connectivity index (χ0) is 20.5. The highest BCUT2D eigenvalue weighted by atomic mass is 14.3. The quantitative estimate of drug-likeness (QED) is 0.431. The minimum absolute atomic E-state index is 0.148. The minimum atomic E-state index is 0.148. The molecular formula is C28H34. The third kappa shape index (κ3) is 4.22. The Morgan fingerprint density at radius 3 is 1.32 bits per heavy atom. The summed E-state index contributed by atoms with van der Waals surface area (Å²) in [6, 6.07) is 24.5. The average molecular weight is 371 g/mol. The highest BCUT2D eigenvalue weighted by Crippen LogP contribution is 2.40. The van der Waals surface area contributed by atoms with E-state index < -0.39 is 0 Å². The third-order valence-electron chi connectivity index (χ3n) is 5.52. The van der Waals surface area contributed by atoms with E-state index in [0.29, 0.717) is 11.8 Å². The standard InChI is InChI=1S/C28H34/c1-19(2)25-17-24(18-26(20(3)4)27(25)28(5,6)7)23-15-13-22(14-16-23)21-11-9-8-10-12-21/h8-20H,1-7H3. The van der Waals surface area contributed by atoms with Gasteiger partial charge in [-0.3, -0.25) is 0 Å². The van der Waals surface area contributed by atoms with Crippen molar-refractivity contribution >= 4 is 0 Å². The fourth-order valence-corrected chi connectivity index (χ4v) is 4.12. The van der Waals surface area contributed by atoms with Crippen molar-refractivity contribution in [2.75, 3.05) is 0 Å². The predicted octanol–water partition coefficient (Wildman–Crippen LogP) is 8.56. The lowest BCUT2D eigenvalue weighted by molar-refractivity contribution is 0.564. The molecule has 0 aliphatic carbocycles. The monoisotopic (exact) mass is 370 g/mol. The Bertz CT molecular complexity index is 891. The van der Waals surface area contributed by atoms with Crippen LogP contribution in [-0.4, -0.2) is 0 Å². The van der Waals surface area contributed by atoms with Crippen molar-refractivity contribution in [3.05, 3.63) is 83.4 Å². The van der Waals surface area contributed by atoms with Crippen LogP contribution in [0, 0.1) is 0 Å². The Hall–Kier alpha value is -2.34. The molecule has 0 N–H and O–H groups in total. The van der Waals surface area contributed by atoms with E-state index in [2.05, 4.69) is 115 Å². The summed E-state index contributed by atoms with van der Waals surface area (Å²) in [5, 5.41) is 0. The van der Waals surface area contributed by atoms with Crippen molar-refractivity contribution in [3.8, 4) is 22.3 Å². The minimum Gasteiger partial charge on any atom is -0.0622 e. The van der Waals surface area contributed by atoms with Crippen LogP contribution in [0.3, 0.4) is 0 Å². The van der Waals surface area contributed by atoms with Gasteiger partial charge >= 0.3 is 0 Å². The molecule has 3 aromatic rings. The van der Waals surface area contributed by atoms with Gasteiger partial charge in [-0.2, -0.15) is 0 Å². The predicted molar refractivity (Wildman–Crippen MR) is 124 cm³/mol. The molecule has 0 unspecified atom stereocenters. The van der Waals surface area contributed by atoms with E-state index in [1.54, 1.807) is 0 Å². The van der Waals surface area contributed by atoms with Crippen LogP contribution in [-0.2, 0) is 5.41 Å². The van der Waals surface area contributed by atoms with Crippen LogP contribution >= 0.6 is 0 Å². The topological polar surface area (TPSA) is 0 Å². The van der Waals surface area contributed by atoms with E-state index in [-0.39, 0.29) is 5.41 Å². The molecule has 28 heavy (non-hydrogen) atoms. The molecule has 0 nitrogen and oxygen atoms in total. The van der Waals surface area contributed by atoms with Gasteiger partial charge < -0.3 is 0 Å². The first-order valence-electron chi connectivity index (χ1n) is 10.5. The summed E-state index contributed by atoms with van der Waals surface area (Å²) < 4.78 is 0. The van der Waals surface area contributed by atoms with E-state index >= 15 is 0 Å². The molecule has 3 rings (SSSR count). The molecule has 0 aromatic heterocycles. The van der Waals surface area contributed by atoms with Crippen LogP contribution in [0.5, 0.6) is 0 Å². The molecule has 0 amide bonds.